The first-order chi connectivity index (χ1) is 13.5. The number of benzene rings is 2. The van der Waals surface area contributed by atoms with Crippen LogP contribution in [0.1, 0.15) is 28.2 Å². The molecule has 0 saturated carbocycles. The third-order valence-electron chi connectivity index (χ3n) is 5.49. The Morgan fingerprint density at radius 2 is 1.96 bits per heavy atom. The second kappa shape index (κ2) is 8.11. The zero-order valence-corrected chi connectivity index (χ0v) is 16.6. The van der Waals surface area contributed by atoms with Crippen molar-refractivity contribution in [1.29, 1.82) is 0 Å². The number of ether oxygens (including phenoxy) is 2. The Morgan fingerprint density at radius 3 is 2.57 bits per heavy atom. The number of rotatable bonds is 7. The Labute approximate surface area is 169 Å². The van der Waals surface area contributed by atoms with Crippen LogP contribution in [0.4, 0.5) is 0 Å². The summed E-state index contributed by atoms with van der Waals surface area (Å²) >= 11 is 6.42. The lowest BCUT2D eigenvalue weighted by Gasteiger charge is -2.36. The van der Waals surface area contributed by atoms with Crippen molar-refractivity contribution >= 4 is 17.6 Å². The molecule has 1 N–H and O–H groups in total. The van der Waals surface area contributed by atoms with Gasteiger partial charge >= 0.3 is 5.97 Å². The minimum absolute atomic E-state index is 0.223. The first-order valence-corrected chi connectivity index (χ1v) is 9.91. The molecule has 0 unspecified atom stereocenters. The molecule has 6 heteroatoms. The van der Waals surface area contributed by atoms with Crippen molar-refractivity contribution in [2.45, 2.75) is 26.0 Å². The molecular formula is C22H24ClNO4. The van der Waals surface area contributed by atoms with Gasteiger partial charge in [-0.05, 0) is 41.3 Å². The summed E-state index contributed by atoms with van der Waals surface area (Å²) in [5.41, 5.74) is 4.43. The summed E-state index contributed by atoms with van der Waals surface area (Å²) in [5, 5.41) is 9.74. The average molecular weight is 402 g/mol. The number of carbonyl (C=O) groups is 1. The second-order valence-corrected chi connectivity index (χ2v) is 8.12. The summed E-state index contributed by atoms with van der Waals surface area (Å²) in [6.45, 7) is 6.00. The lowest BCUT2D eigenvalue weighted by atomic mass is 9.96. The molecule has 0 aromatic heterocycles. The quantitative estimate of drug-likeness (QED) is 0.763. The predicted molar refractivity (Wildman–Crippen MR) is 107 cm³/mol. The predicted octanol–water partition coefficient (Wildman–Crippen LogP) is 3.86. The Hall–Kier alpha value is -2.08. The van der Waals surface area contributed by atoms with Crippen LogP contribution in [0.25, 0.3) is 0 Å². The molecule has 148 valence electrons. The van der Waals surface area contributed by atoms with E-state index in [2.05, 4.69) is 23.1 Å². The number of hydrogen-bond acceptors (Lipinski definition) is 4. The van der Waals surface area contributed by atoms with Crippen LogP contribution in [-0.4, -0.2) is 42.3 Å². The monoisotopic (exact) mass is 401 g/mol. The highest BCUT2D eigenvalue weighted by Crippen LogP contribution is 2.31. The van der Waals surface area contributed by atoms with E-state index in [1.807, 2.05) is 25.1 Å². The minimum Gasteiger partial charge on any atom is -0.489 e. The summed E-state index contributed by atoms with van der Waals surface area (Å²) in [6, 6.07) is 12.2. The van der Waals surface area contributed by atoms with Crippen LogP contribution in [0.15, 0.2) is 36.4 Å². The second-order valence-electron chi connectivity index (χ2n) is 7.71. The van der Waals surface area contributed by atoms with Gasteiger partial charge < -0.3 is 14.6 Å². The molecule has 2 aromatic rings. The number of carboxylic acids is 1. The summed E-state index contributed by atoms with van der Waals surface area (Å²) in [5.74, 6) is 0.335. The SMILES string of the molecule is Cc1cc(CN2CC(C(=O)O)C2)ccc1OCc1ccc(C2COC2)c(Cl)c1. The van der Waals surface area contributed by atoms with E-state index >= 15 is 0 Å². The standard InChI is InChI=1S/C22H24ClNO4/c1-14-6-15(8-24-9-17(10-24)22(25)26)3-5-21(14)28-11-16-2-4-19(20(23)7-16)18-12-27-13-18/h2-7,17-18H,8-13H2,1H3,(H,25,26). The number of aliphatic carboxylic acids is 1. The average Bonchev–Trinajstić information content (AvgIpc) is 2.57. The number of aryl methyl sites for hydroxylation is 1. The van der Waals surface area contributed by atoms with E-state index in [1.165, 1.54) is 5.56 Å². The Bertz CT molecular complexity index is 875. The van der Waals surface area contributed by atoms with Gasteiger partial charge in [0.05, 0.1) is 19.1 Å². The van der Waals surface area contributed by atoms with Crippen molar-refractivity contribution in [2.24, 2.45) is 5.92 Å². The Balaban J connectivity index is 1.32. The van der Waals surface area contributed by atoms with Crippen LogP contribution in [0.5, 0.6) is 5.75 Å². The molecule has 2 heterocycles. The summed E-state index contributed by atoms with van der Waals surface area (Å²) in [7, 11) is 0. The third kappa shape index (κ3) is 4.17. The molecule has 2 saturated heterocycles. The van der Waals surface area contributed by atoms with Crippen molar-refractivity contribution in [3.63, 3.8) is 0 Å². The lowest BCUT2D eigenvalue weighted by Crippen LogP contribution is -2.49. The fraction of sp³-hybridized carbons (Fsp3) is 0.409. The highest BCUT2D eigenvalue weighted by atomic mass is 35.5. The van der Waals surface area contributed by atoms with Gasteiger partial charge in [0, 0.05) is 30.6 Å². The van der Waals surface area contributed by atoms with E-state index in [1.54, 1.807) is 0 Å². The topological polar surface area (TPSA) is 59.0 Å². The van der Waals surface area contributed by atoms with Gasteiger partial charge in [-0.25, -0.2) is 0 Å². The van der Waals surface area contributed by atoms with Gasteiger partial charge in [0.1, 0.15) is 12.4 Å². The van der Waals surface area contributed by atoms with Crippen molar-refractivity contribution in [2.75, 3.05) is 26.3 Å². The highest BCUT2D eigenvalue weighted by molar-refractivity contribution is 6.31. The third-order valence-corrected chi connectivity index (χ3v) is 5.82. The number of halogens is 1. The fourth-order valence-corrected chi connectivity index (χ4v) is 4.01. The van der Waals surface area contributed by atoms with Crippen molar-refractivity contribution < 1.29 is 19.4 Å². The van der Waals surface area contributed by atoms with Crippen LogP contribution >= 0.6 is 11.6 Å². The summed E-state index contributed by atoms with van der Waals surface area (Å²) in [4.78, 5) is 13.0. The maximum Gasteiger partial charge on any atom is 0.309 e. The van der Waals surface area contributed by atoms with Gasteiger partial charge in [-0.3, -0.25) is 9.69 Å². The van der Waals surface area contributed by atoms with E-state index in [9.17, 15) is 4.79 Å². The molecule has 0 radical (unpaired) electrons. The molecule has 28 heavy (non-hydrogen) atoms. The van der Waals surface area contributed by atoms with E-state index < -0.39 is 5.97 Å². The van der Waals surface area contributed by atoms with Crippen molar-refractivity contribution in [3.8, 4) is 5.75 Å². The van der Waals surface area contributed by atoms with E-state index in [-0.39, 0.29) is 5.92 Å². The zero-order chi connectivity index (χ0) is 19.7. The minimum atomic E-state index is -0.703. The van der Waals surface area contributed by atoms with E-state index in [0.29, 0.717) is 25.6 Å². The molecule has 0 spiro atoms. The fourth-order valence-electron chi connectivity index (χ4n) is 3.65. The number of likely N-dealkylation sites (tertiary alicyclic amines) is 1. The zero-order valence-electron chi connectivity index (χ0n) is 15.9. The van der Waals surface area contributed by atoms with Gasteiger partial charge in [0.15, 0.2) is 0 Å². The number of carboxylic acid groups (broad SMARTS) is 1. The number of nitrogens with zero attached hydrogens (tertiary/aromatic N) is 1. The van der Waals surface area contributed by atoms with Gasteiger partial charge in [-0.1, -0.05) is 35.9 Å². The number of hydrogen-bond donors (Lipinski definition) is 1. The first kappa shape index (κ1) is 19.2. The Morgan fingerprint density at radius 1 is 1.21 bits per heavy atom. The van der Waals surface area contributed by atoms with Crippen molar-refractivity contribution in [1.82, 2.24) is 4.90 Å². The van der Waals surface area contributed by atoms with Crippen LogP contribution in [0.3, 0.4) is 0 Å². The van der Waals surface area contributed by atoms with Gasteiger partial charge in [-0.15, -0.1) is 0 Å². The molecule has 0 amide bonds. The van der Waals surface area contributed by atoms with Crippen molar-refractivity contribution in [3.05, 3.63) is 63.7 Å². The molecule has 0 aliphatic carbocycles. The molecular weight excluding hydrogens is 378 g/mol. The maximum atomic E-state index is 10.9. The first-order valence-electron chi connectivity index (χ1n) is 9.53. The molecule has 2 aliphatic rings. The molecule has 2 fully saturated rings. The molecule has 5 nitrogen and oxygen atoms in total. The van der Waals surface area contributed by atoms with Crippen LogP contribution in [0, 0.1) is 12.8 Å². The summed E-state index contributed by atoms with van der Waals surface area (Å²) < 4.78 is 11.2. The highest BCUT2D eigenvalue weighted by Gasteiger charge is 2.32. The molecule has 0 atom stereocenters. The largest absolute Gasteiger partial charge is 0.489 e. The van der Waals surface area contributed by atoms with E-state index in [0.717, 1.165) is 47.2 Å². The maximum absolute atomic E-state index is 10.9. The Kier molecular flexibility index (Phi) is 5.58. The summed E-state index contributed by atoms with van der Waals surface area (Å²) in [6.07, 6.45) is 0. The van der Waals surface area contributed by atoms with Crippen LogP contribution in [0.2, 0.25) is 5.02 Å². The molecule has 0 bridgehead atoms. The molecule has 2 aliphatic heterocycles. The van der Waals surface area contributed by atoms with Crippen LogP contribution in [-0.2, 0) is 22.7 Å². The molecule has 4 rings (SSSR count). The van der Waals surface area contributed by atoms with Gasteiger partial charge in [0.25, 0.3) is 0 Å². The smallest absolute Gasteiger partial charge is 0.309 e. The van der Waals surface area contributed by atoms with E-state index in [4.69, 9.17) is 26.2 Å². The van der Waals surface area contributed by atoms with Crippen LogP contribution < -0.4 is 4.74 Å². The van der Waals surface area contributed by atoms with Gasteiger partial charge in [-0.2, -0.15) is 0 Å². The normalized spacial score (nSPS) is 17.8. The van der Waals surface area contributed by atoms with Gasteiger partial charge in [0.2, 0.25) is 0 Å². The molecule has 2 aromatic carbocycles. The lowest BCUT2D eigenvalue weighted by molar-refractivity contribution is -0.147.